The molecule has 3 aromatic carbocycles. The van der Waals surface area contributed by atoms with Crippen LogP contribution in [0.1, 0.15) is 27.5 Å². The van der Waals surface area contributed by atoms with Crippen molar-refractivity contribution >= 4 is 23.3 Å². The molecule has 9 nitrogen and oxygen atoms in total. The average Bonchev–Trinajstić information content (AvgIpc) is 3.64. The maximum Gasteiger partial charge on any atom is 0.270 e. The molecule has 0 bridgehead atoms. The van der Waals surface area contributed by atoms with Gasteiger partial charge in [0.05, 0.1) is 11.9 Å². The summed E-state index contributed by atoms with van der Waals surface area (Å²) < 4.78 is 3.39. The van der Waals surface area contributed by atoms with Gasteiger partial charge in [0.1, 0.15) is 11.7 Å². The zero-order chi connectivity index (χ0) is 28.2. The maximum atomic E-state index is 14.0. The van der Waals surface area contributed by atoms with Crippen LogP contribution in [0.5, 0.6) is 0 Å². The van der Waals surface area contributed by atoms with Crippen LogP contribution >= 0.6 is 0 Å². The van der Waals surface area contributed by atoms with Gasteiger partial charge >= 0.3 is 0 Å². The summed E-state index contributed by atoms with van der Waals surface area (Å²) in [6.45, 7) is 0. The number of benzene rings is 3. The van der Waals surface area contributed by atoms with Gasteiger partial charge in [0, 0.05) is 42.8 Å². The zero-order valence-electron chi connectivity index (χ0n) is 22.3. The number of nitrogens with one attached hydrogen (secondary N) is 2. The van der Waals surface area contributed by atoms with Crippen molar-refractivity contribution < 1.29 is 9.59 Å². The van der Waals surface area contributed by atoms with Crippen LogP contribution in [0.2, 0.25) is 0 Å². The highest BCUT2D eigenvalue weighted by Gasteiger charge is 2.33. The maximum absolute atomic E-state index is 14.0. The van der Waals surface area contributed by atoms with Gasteiger partial charge in [-0.2, -0.15) is 5.10 Å². The summed E-state index contributed by atoms with van der Waals surface area (Å²) in [4.78, 5) is 36.0. The number of carbonyl (C=O) groups is 2. The summed E-state index contributed by atoms with van der Waals surface area (Å²) in [5.41, 5.74) is 4.58. The van der Waals surface area contributed by atoms with Crippen LogP contribution in [0, 0.1) is 0 Å². The fourth-order valence-electron chi connectivity index (χ4n) is 5.00. The van der Waals surface area contributed by atoms with E-state index in [1.165, 1.54) is 4.68 Å². The molecule has 2 N–H and O–H groups in total. The molecule has 0 saturated carbocycles. The molecule has 1 atom stereocenters. The number of fused-ring (bicyclic) bond motifs is 1. The summed E-state index contributed by atoms with van der Waals surface area (Å²) in [6, 6.07) is 29.5. The quantitative estimate of drug-likeness (QED) is 0.291. The molecule has 0 aliphatic carbocycles. The van der Waals surface area contributed by atoms with E-state index in [4.69, 9.17) is 0 Å². The summed E-state index contributed by atoms with van der Waals surface area (Å²) in [5.74, 6) is -0.567. The molecule has 0 saturated heterocycles. The Hall–Kier alpha value is -5.57. The Bertz CT molecular complexity index is 1760. The average molecular weight is 542 g/mol. The summed E-state index contributed by atoms with van der Waals surface area (Å²) in [7, 11) is 1.69. The van der Waals surface area contributed by atoms with Gasteiger partial charge in [0.2, 0.25) is 11.7 Å². The van der Waals surface area contributed by atoms with Gasteiger partial charge in [0.25, 0.3) is 5.91 Å². The first kappa shape index (κ1) is 25.7. The number of hydrogen-bond donors (Lipinski definition) is 2. The van der Waals surface area contributed by atoms with Gasteiger partial charge in [-0.15, -0.1) is 0 Å². The minimum atomic E-state index is -0.924. The predicted molar refractivity (Wildman–Crippen MR) is 156 cm³/mol. The fraction of sp³-hybridized carbons (Fsp3) is 0.0938. The number of aromatic nitrogens is 5. The largest absolute Gasteiger partial charge is 0.338 e. The molecule has 0 radical (unpaired) electrons. The van der Waals surface area contributed by atoms with Crippen LogP contribution in [0.15, 0.2) is 122 Å². The van der Waals surface area contributed by atoms with Crippen molar-refractivity contribution in [1.82, 2.24) is 29.5 Å². The van der Waals surface area contributed by atoms with E-state index in [2.05, 4.69) is 25.7 Å². The van der Waals surface area contributed by atoms with Crippen LogP contribution in [-0.2, 0) is 11.8 Å². The Balaban J connectivity index is 1.33. The number of anilines is 1. The number of carbonyl (C=O) groups excluding carboxylic acids is 2. The van der Waals surface area contributed by atoms with E-state index in [0.29, 0.717) is 17.2 Å². The van der Waals surface area contributed by atoms with Gasteiger partial charge in [0.15, 0.2) is 0 Å². The van der Waals surface area contributed by atoms with Crippen LogP contribution in [0.4, 0.5) is 5.69 Å². The first-order valence-corrected chi connectivity index (χ1v) is 13.2. The molecule has 2 amide bonds. The minimum absolute atomic E-state index is 0.343. The number of amides is 2. The highest BCUT2D eigenvalue weighted by Crippen LogP contribution is 2.30. The van der Waals surface area contributed by atoms with Crippen molar-refractivity contribution in [2.45, 2.75) is 12.0 Å². The lowest BCUT2D eigenvalue weighted by Crippen LogP contribution is -2.48. The summed E-state index contributed by atoms with van der Waals surface area (Å²) in [5, 5.41) is 10.1. The molecular weight excluding hydrogens is 514 g/mol. The van der Waals surface area contributed by atoms with Crippen molar-refractivity contribution in [3.8, 4) is 11.3 Å². The van der Waals surface area contributed by atoms with Crippen molar-refractivity contribution in [2.75, 3.05) is 5.32 Å². The van der Waals surface area contributed by atoms with E-state index >= 15 is 0 Å². The highest BCUT2D eigenvalue weighted by atomic mass is 16.2. The van der Waals surface area contributed by atoms with E-state index in [1.54, 1.807) is 31.7 Å². The molecule has 3 heterocycles. The van der Waals surface area contributed by atoms with Crippen molar-refractivity contribution in [3.63, 3.8) is 0 Å². The lowest BCUT2D eigenvalue weighted by Gasteiger charge is -2.28. The van der Waals surface area contributed by atoms with Gasteiger partial charge in [-0.05, 0) is 35.4 Å². The first-order chi connectivity index (χ1) is 20.1. The molecule has 0 aliphatic heterocycles. The van der Waals surface area contributed by atoms with Crippen molar-refractivity contribution in [1.29, 1.82) is 0 Å². The first-order valence-electron chi connectivity index (χ1n) is 13.2. The monoisotopic (exact) mass is 541 g/mol. The summed E-state index contributed by atoms with van der Waals surface area (Å²) >= 11 is 0. The smallest absolute Gasteiger partial charge is 0.270 e. The third kappa shape index (κ3) is 5.33. The number of rotatable bonds is 8. The minimum Gasteiger partial charge on any atom is -0.338 e. The Morgan fingerprint density at radius 1 is 0.780 bits per heavy atom. The van der Waals surface area contributed by atoms with Crippen LogP contribution < -0.4 is 10.6 Å². The Morgan fingerprint density at radius 3 is 2.10 bits per heavy atom. The van der Waals surface area contributed by atoms with Crippen LogP contribution in [0.3, 0.4) is 0 Å². The van der Waals surface area contributed by atoms with E-state index in [1.807, 2.05) is 102 Å². The third-order valence-electron chi connectivity index (χ3n) is 7.01. The topological polar surface area (TPSA) is 106 Å². The highest BCUT2D eigenvalue weighted by molar-refractivity contribution is 6.01. The molecular formula is C32H27N7O2. The lowest BCUT2D eigenvalue weighted by atomic mass is 9.84. The molecule has 41 heavy (non-hydrogen) atoms. The molecule has 0 fully saturated rings. The van der Waals surface area contributed by atoms with Gasteiger partial charge < -0.3 is 10.6 Å². The third-order valence-corrected chi connectivity index (χ3v) is 7.01. The molecule has 6 aromatic rings. The Morgan fingerprint density at radius 2 is 1.46 bits per heavy atom. The number of hydrogen-bond acceptors (Lipinski definition) is 5. The van der Waals surface area contributed by atoms with Crippen molar-refractivity contribution in [3.05, 3.63) is 139 Å². The second kappa shape index (κ2) is 11.3. The molecule has 1 unspecified atom stereocenters. The summed E-state index contributed by atoms with van der Waals surface area (Å²) in [6.07, 6.45) is 6.93. The predicted octanol–water partition coefficient (Wildman–Crippen LogP) is 4.70. The standard InChI is InChI=1S/C32H27N7O2/c1-38-26(17-19-35-38)30(40)37-29(28(23-9-4-2-5-10-23)24-11-6-3-7-12-24)31(41)36-25-15-13-22(14-16-25)27-21-34-32-33-18-8-20-39(27)32/h2-21,28-29H,1H3,(H,36,41)(H,37,40). The second-order valence-corrected chi connectivity index (χ2v) is 9.59. The molecule has 6 rings (SSSR count). The number of nitrogens with zero attached hydrogens (tertiary/aromatic N) is 5. The molecule has 202 valence electrons. The van der Waals surface area contributed by atoms with E-state index in [0.717, 1.165) is 22.4 Å². The molecule has 0 spiro atoms. The van der Waals surface area contributed by atoms with E-state index < -0.39 is 17.9 Å². The lowest BCUT2D eigenvalue weighted by molar-refractivity contribution is -0.118. The Labute approximate surface area is 236 Å². The normalized spacial score (nSPS) is 11.9. The van der Waals surface area contributed by atoms with Gasteiger partial charge in [-0.3, -0.25) is 18.7 Å². The molecule has 9 heteroatoms. The van der Waals surface area contributed by atoms with Crippen molar-refractivity contribution in [2.24, 2.45) is 7.05 Å². The van der Waals surface area contributed by atoms with Gasteiger partial charge in [-0.25, -0.2) is 9.97 Å². The number of aryl methyl sites for hydroxylation is 1. The molecule has 3 aromatic heterocycles. The van der Waals surface area contributed by atoms with E-state index in [9.17, 15) is 9.59 Å². The van der Waals surface area contributed by atoms with Gasteiger partial charge in [-0.1, -0.05) is 72.8 Å². The molecule has 0 aliphatic rings. The fourth-order valence-corrected chi connectivity index (χ4v) is 5.00. The Kier molecular flexibility index (Phi) is 7.06. The number of imidazole rings is 1. The zero-order valence-corrected chi connectivity index (χ0v) is 22.3. The van der Waals surface area contributed by atoms with Crippen LogP contribution in [-0.4, -0.2) is 42.0 Å². The second-order valence-electron chi connectivity index (χ2n) is 9.59. The van der Waals surface area contributed by atoms with E-state index in [-0.39, 0.29) is 5.91 Å². The SMILES string of the molecule is Cn1nccc1C(=O)NC(C(=O)Nc1ccc(-c2cnc3ncccn23)cc1)C(c1ccccc1)c1ccccc1. The van der Waals surface area contributed by atoms with Crippen LogP contribution in [0.25, 0.3) is 17.0 Å².